The third-order valence-corrected chi connectivity index (χ3v) is 7.07. The van der Waals surface area contributed by atoms with Crippen molar-refractivity contribution in [3.8, 4) is 11.5 Å². The van der Waals surface area contributed by atoms with E-state index in [4.69, 9.17) is 19.7 Å². The lowest BCUT2D eigenvalue weighted by molar-refractivity contribution is -0.144. The number of alkyl halides is 6. The van der Waals surface area contributed by atoms with Gasteiger partial charge in [0.15, 0.2) is 46.5 Å². The van der Waals surface area contributed by atoms with Crippen molar-refractivity contribution in [2.24, 2.45) is 0 Å². The molecule has 8 nitrogen and oxygen atoms in total. The summed E-state index contributed by atoms with van der Waals surface area (Å²) in [5, 5.41) is 22.7. The highest BCUT2D eigenvalue weighted by atomic mass is 19.4. The van der Waals surface area contributed by atoms with Crippen LogP contribution in [-0.2, 0) is 25.4 Å². The summed E-state index contributed by atoms with van der Waals surface area (Å²) in [6, 6.07) is 6.89. The van der Waals surface area contributed by atoms with E-state index in [0.717, 1.165) is 12.1 Å². The van der Waals surface area contributed by atoms with Crippen LogP contribution < -0.4 is 20.1 Å². The molecule has 0 heterocycles. The van der Waals surface area contributed by atoms with Crippen molar-refractivity contribution in [1.29, 1.82) is 0 Å². The van der Waals surface area contributed by atoms with E-state index in [0.29, 0.717) is 0 Å². The zero-order valence-electron chi connectivity index (χ0n) is 26.7. The Balaban J connectivity index is 0.000000290. The molecule has 4 rings (SSSR count). The topological polar surface area (TPSA) is 117 Å². The van der Waals surface area contributed by atoms with Gasteiger partial charge in [0, 0.05) is 35.6 Å². The average Bonchev–Trinajstić information content (AvgIpc) is 3.08. The van der Waals surface area contributed by atoms with Gasteiger partial charge in [-0.15, -0.1) is 0 Å². The van der Waals surface area contributed by atoms with E-state index in [1.807, 2.05) is 0 Å². The monoisotopic (exact) mass is 794 g/mol. The zero-order valence-corrected chi connectivity index (χ0v) is 26.7. The minimum atomic E-state index is -5.63. The van der Waals surface area contributed by atoms with Gasteiger partial charge >= 0.3 is 24.3 Å². The van der Waals surface area contributed by atoms with Gasteiger partial charge in [0.2, 0.25) is 0 Å². The number of benzene rings is 4. The highest BCUT2D eigenvalue weighted by molar-refractivity contribution is 5.92. The van der Waals surface area contributed by atoms with E-state index in [2.05, 4.69) is 10.6 Å². The Bertz CT molecular complexity index is 1880. The summed E-state index contributed by atoms with van der Waals surface area (Å²) >= 11 is 0. The summed E-state index contributed by atoms with van der Waals surface area (Å²) < 4.78 is 194. The van der Waals surface area contributed by atoms with Crippen LogP contribution in [-0.4, -0.2) is 36.4 Å². The number of rotatable bonds is 10. The molecule has 4 aromatic carbocycles. The number of methoxy groups -OCH3 is 2. The SMILES string of the molecule is COc1ccc(NCc2c(F)c(F)c(C(F)(F)F)c(F)c2F)cc1C(=O)O.COc1ccc(NCc2c(F)c(F)c(C(F)(F)F)c(F)c2F)cc1C(=O)O. The first-order valence-corrected chi connectivity index (χ1v) is 14.1. The predicted molar refractivity (Wildman–Crippen MR) is 157 cm³/mol. The van der Waals surface area contributed by atoms with Crippen LogP contribution >= 0.6 is 0 Å². The van der Waals surface area contributed by atoms with Crippen molar-refractivity contribution >= 4 is 23.3 Å². The number of aromatic carboxylic acids is 2. The summed E-state index contributed by atoms with van der Waals surface area (Å²) in [4.78, 5) is 22.2. The van der Waals surface area contributed by atoms with Crippen LogP contribution in [0.4, 0.5) is 72.8 Å². The number of hydrogen-bond donors (Lipinski definition) is 4. The molecule has 292 valence electrons. The van der Waals surface area contributed by atoms with Gasteiger partial charge in [0.1, 0.15) is 33.8 Å². The second-order valence-electron chi connectivity index (χ2n) is 10.4. The predicted octanol–water partition coefficient (Wildman–Crippen LogP) is 9.16. The van der Waals surface area contributed by atoms with E-state index in [1.165, 1.54) is 38.5 Å². The smallest absolute Gasteiger partial charge is 0.422 e. The quantitative estimate of drug-likeness (QED) is 0.0929. The fourth-order valence-electron chi connectivity index (χ4n) is 4.51. The van der Waals surface area contributed by atoms with Crippen LogP contribution in [0.25, 0.3) is 0 Å². The fraction of sp³-hybridized carbons (Fsp3) is 0.188. The van der Waals surface area contributed by atoms with Crippen LogP contribution in [0.3, 0.4) is 0 Å². The van der Waals surface area contributed by atoms with Gasteiger partial charge in [-0.05, 0) is 36.4 Å². The molecule has 4 N–H and O–H groups in total. The molecule has 0 saturated heterocycles. The largest absolute Gasteiger partial charge is 0.496 e. The number of halogens is 14. The van der Waals surface area contributed by atoms with Gasteiger partial charge in [-0.2, -0.15) is 26.3 Å². The summed E-state index contributed by atoms with van der Waals surface area (Å²) in [5.74, 6) is -22.0. The molecule has 0 aromatic heterocycles. The maximum atomic E-state index is 13.8. The zero-order chi connectivity index (χ0) is 41.0. The molecule has 0 aliphatic heterocycles. The molecular formula is C32H20F14N2O6. The Morgan fingerprint density at radius 1 is 0.537 bits per heavy atom. The van der Waals surface area contributed by atoms with Crippen LogP contribution in [0.1, 0.15) is 43.0 Å². The summed E-state index contributed by atoms with van der Waals surface area (Å²) in [7, 11) is 2.40. The summed E-state index contributed by atoms with van der Waals surface area (Å²) in [6.45, 7) is -1.90. The van der Waals surface area contributed by atoms with Crippen molar-refractivity contribution < 1.29 is 90.7 Å². The first-order chi connectivity index (χ1) is 25.0. The second kappa shape index (κ2) is 16.4. The molecule has 0 amide bonds. The number of carbonyl (C=O) groups is 2. The van der Waals surface area contributed by atoms with Crippen molar-refractivity contribution in [2.45, 2.75) is 25.4 Å². The van der Waals surface area contributed by atoms with Gasteiger partial charge in [-0.25, -0.2) is 44.7 Å². The first kappa shape index (κ1) is 42.5. The van der Waals surface area contributed by atoms with Crippen LogP contribution in [0.5, 0.6) is 11.5 Å². The Morgan fingerprint density at radius 3 is 1.04 bits per heavy atom. The Morgan fingerprint density at radius 2 is 0.815 bits per heavy atom. The van der Waals surface area contributed by atoms with E-state index in [9.17, 15) is 71.1 Å². The van der Waals surface area contributed by atoms with Gasteiger partial charge < -0.3 is 30.3 Å². The van der Waals surface area contributed by atoms with Gasteiger partial charge in [-0.1, -0.05) is 0 Å². The molecule has 0 radical (unpaired) electrons. The molecule has 0 aliphatic carbocycles. The average molecular weight is 794 g/mol. The van der Waals surface area contributed by atoms with E-state index in [1.54, 1.807) is 0 Å². The van der Waals surface area contributed by atoms with Crippen LogP contribution in [0.2, 0.25) is 0 Å². The molecule has 0 bridgehead atoms. The fourth-order valence-corrected chi connectivity index (χ4v) is 4.51. The lowest BCUT2D eigenvalue weighted by Crippen LogP contribution is -2.18. The minimum Gasteiger partial charge on any atom is -0.496 e. The molecule has 0 aliphatic rings. The molecule has 0 spiro atoms. The molecule has 22 heteroatoms. The molecule has 0 saturated carbocycles. The second-order valence-corrected chi connectivity index (χ2v) is 10.4. The van der Waals surface area contributed by atoms with E-state index >= 15 is 0 Å². The van der Waals surface area contributed by atoms with E-state index < -0.39 is 106 Å². The summed E-state index contributed by atoms with van der Waals surface area (Å²) in [5.41, 5.74) is -8.68. The van der Waals surface area contributed by atoms with Gasteiger partial charge in [-0.3, -0.25) is 0 Å². The lowest BCUT2D eigenvalue weighted by Gasteiger charge is -2.15. The Hall–Kier alpha value is -5.96. The normalized spacial score (nSPS) is 11.4. The summed E-state index contributed by atoms with van der Waals surface area (Å²) in [6.07, 6.45) is -11.3. The number of nitrogens with one attached hydrogen (secondary N) is 2. The van der Waals surface area contributed by atoms with Gasteiger partial charge in [0.05, 0.1) is 14.2 Å². The first-order valence-electron chi connectivity index (χ1n) is 14.1. The van der Waals surface area contributed by atoms with Crippen LogP contribution in [0.15, 0.2) is 36.4 Å². The van der Waals surface area contributed by atoms with Crippen LogP contribution in [0, 0.1) is 46.5 Å². The standard InChI is InChI=1S/2C16H10F7NO3/c2*1-27-9-3-2-6(4-7(9)15(25)26)24-5-8-11(17)13(19)10(16(21,22)23)14(20)12(8)18/h2*2-4,24H,5H2,1H3,(H,25,26). The van der Waals surface area contributed by atoms with Crippen molar-refractivity contribution in [3.63, 3.8) is 0 Å². The van der Waals surface area contributed by atoms with Crippen molar-refractivity contribution in [3.05, 3.63) is 116 Å². The van der Waals surface area contributed by atoms with Crippen molar-refractivity contribution in [1.82, 2.24) is 0 Å². The highest BCUT2D eigenvalue weighted by Gasteiger charge is 2.43. The maximum Gasteiger partial charge on any atom is 0.422 e. The molecule has 4 aromatic rings. The van der Waals surface area contributed by atoms with E-state index in [-0.39, 0.29) is 34.0 Å². The minimum absolute atomic E-state index is 0.0305. The number of hydrogen-bond acceptors (Lipinski definition) is 6. The Labute approximate surface area is 292 Å². The number of ether oxygens (including phenoxy) is 2. The third kappa shape index (κ3) is 8.97. The lowest BCUT2D eigenvalue weighted by atomic mass is 10.1. The third-order valence-electron chi connectivity index (χ3n) is 7.07. The van der Waals surface area contributed by atoms with Gasteiger partial charge in [0.25, 0.3) is 0 Å². The Kier molecular flexibility index (Phi) is 12.9. The molecule has 0 atom stereocenters. The molecule has 0 fully saturated rings. The number of carboxylic acids is 2. The highest BCUT2D eigenvalue weighted by Crippen LogP contribution is 2.38. The maximum absolute atomic E-state index is 13.8. The molecule has 0 unspecified atom stereocenters. The van der Waals surface area contributed by atoms with Crippen molar-refractivity contribution in [2.75, 3.05) is 24.9 Å². The number of anilines is 2. The number of carboxylic acid groups (broad SMARTS) is 2. The molecular weight excluding hydrogens is 774 g/mol. The molecule has 54 heavy (non-hydrogen) atoms.